The number of anilines is 1. The Labute approximate surface area is 181 Å². The number of sulfonamides is 2. The van der Waals surface area contributed by atoms with Gasteiger partial charge in [-0.15, -0.1) is 0 Å². The highest BCUT2D eigenvalue weighted by Gasteiger charge is 2.34. The molecule has 0 aliphatic carbocycles. The zero-order valence-corrected chi connectivity index (χ0v) is 19.0. The molecule has 0 saturated carbocycles. The van der Waals surface area contributed by atoms with E-state index in [-0.39, 0.29) is 28.6 Å². The molecular weight excluding hydrogens is 446 g/mol. The molecule has 2 aliphatic rings. The molecule has 2 saturated heterocycles. The maximum atomic E-state index is 13.0. The molecule has 2 aromatic rings. The second-order valence-corrected chi connectivity index (χ2v) is 11.2. The third-order valence-corrected chi connectivity index (χ3v) is 9.48. The quantitative estimate of drug-likeness (QED) is 0.602. The summed E-state index contributed by atoms with van der Waals surface area (Å²) < 4.78 is 64.4. The van der Waals surface area contributed by atoms with Gasteiger partial charge in [0.25, 0.3) is 0 Å². The molecule has 4 rings (SSSR count). The molecule has 170 valence electrons. The number of hydrogen-bond donors (Lipinski definition) is 0. The first-order chi connectivity index (χ1) is 14.7. The van der Waals surface area contributed by atoms with Crippen LogP contribution in [0.3, 0.4) is 0 Å². The predicted octanol–water partition coefficient (Wildman–Crippen LogP) is 0.218. The van der Waals surface area contributed by atoms with Crippen LogP contribution in [0.25, 0.3) is 0 Å². The van der Waals surface area contributed by atoms with Gasteiger partial charge in [-0.1, -0.05) is 5.16 Å². The molecule has 0 N–H and O–H groups in total. The van der Waals surface area contributed by atoms with Gasteiger partial charge >= 0.3 is 0 Å². The highest BCUT2D eigenvalue weighted by Crippen LogP contribution is 2.25. The fourth-order valence-electron chi connectivity index (χ4n) is 3.78. The predicted molar refractivity (Wildman–Crippen MR) is 111 cm³/mol. The molecule has 0 unspecified atom stereocenters. The molecule has 13 heteroatoms. The number of rotatable bonds is 5. The van der Waals surface area contributed by atoms with Gasteiger partial charge in [-0.3, -0.25) is 0 Å². The van der Waals surface area contributed by atoms with E-state index in [9.17, 15) is 16.8 Å². The molecular formula is C18H25N5O6S2. The number of ether oxygens (including phenoxy) is 1. The maximum Gasteiger partial charge on any atom is 0.248 e. The summed E-state index contributed by atoms with van der Waals surface area (Å²) in [6.45, 7) is 6.03. The second kappa shape index (κ2) is 8.47. The van der Waals surface area contributed by atoms with E-state index in [0.29, 0.717) is 50.9 Å². The van der Waals surface area contributed by atoms with Crippen molar-refractivity contribution in [2.45, 2.75) is 23.6 Å². The van der Waals surface area contributed by atoms with Crippen molar-refractivity contribution < 1.29 is 26.1 Å². The lowest BCUT2D eigenvalue weighted by molar-refractivity contribution is 0.0730. The fourth-order valence-corrected chi connectivity index (χ4v) is 6.84. The van der Waals surface area contributed by atoms with E-state index in [1.807, 2.05) is 4.90 Å². The molecule has 0 atom stereocenters. The van der Waals surface area contributed by atoms with E-state index in [0.717, 1.165) is 0 Å². The number of nitrogens with zero attached hydrogens (tertiary/aromatic N) is 5. The minimum atomic E-state index is -3.69. The summed E-state index contributed by atoms with van der Waals surface area (Å²) in [6, 6.07) is 3.20. The zero-order chi connectivity index (χ0) is 22.2. The molecule has 0 radical (unpaired) electrons. The van der Waals surface area contributed by atoms with E-state index >= 15 is 0 Å². The van der Waals surface area contributed by atoms with Crippen LogP contribution in [-0.4, -0.2) is 88.1 Å². The van der Waals surface area contributed by atoms with Crippen molar-refractivity contribution in [3.8, 4) is 0 Å². The van der Waals surface area contributed by atoms with Crippen molar-refractivity contribution in [2.24, 2.45) is 0 Å². The van der Waals surface area contributed by atoms with Crippen LogP contribution >= 0.6 is 0 Å². The van der Waals surface area contributed by atoms with Crippen molar-refractivity contribution >= 4 is 25.9 Å². The number of aryl methyl sites for hydroxylation is 2. The number of pyridine rings is 1. The number of piperazine rings is 1. The first-order valence-electron chi connectivity index (χ1n) is 9.93. The molecule has 0 amide bonds. The van der Waals surface area contributed by atoms with Crippen molar-refractivity contribution in [2.75, 3.05) is 57.4 Å². The van der Waals surface area contributed by atoms with Gasteiger partial charge < -0.3 is 14.2 Å². The molecule has 0 aromatic carbocycles. The average molecular weight is 472 g/mol. The molecule has 2 aliphatic heterocycles. The Morgan fingerprint density at radius 3 is 2.06 bits per heavy atom. The summed E-state index contributed by atoms with van der Waals surface area (Å²) in [5, 5.41) is 3.74. The van der Waals surface area contributed by atoms with Crippen LogP contribution in [0.1, 0.15) is 11.5 Å². The third kappa shape index (κ3) is 4.20. The second-order valence-electron chi connectivity index (χ2n) is 7.41. The van der Waals surface area contributed by atoms with Gasteiger partial charge in [0, 0.05) is 45.5 Å². The molecule has 11 nitrogen and oxygen atoms in total. The van der Waals surface area contributed by atoms with Gasteiger partial charge in [-0.25, -0.2) is 21.8 Å². The van der Waals surface area contributed by atoms with Gasteiger partial charge in [0.05, 0.1) is 13.2 Å². The van der Waals surface area contributed by atoms with Gasteiger partial charge in [-0.2, -0.15) is 8.61 Å². The first-order valence-corrected chi connectivity index (χ1v) is 12.8. The van der Waals surface area contributed by atoms with E-state index in [2.05, 4.69) is 10.1 Å². The highest BCUT2D eigenvalue weighted by molar-refractivity contribution is 7.89. The first kappa shape index (κ1) is 22.1. The monoisotopic (exact) mass is 471 g/mol. The Balaban J connectivity index is 1.43. The van der Waals surface area contributed by atoms with Crippen LogP contribution in [0, 0.1) is 13.8 Å². The number of hydrogen-bond acceptors (Lipinski definition) is 9. The van der Waals surface area contributed by atoms with Crippen molar-refractivity contribution in [1.29, 1.82) is 0 Å². The molecule has 4 heterocycles. The van der Waals surface area contributed by atoms with Gasteiger partial charge in [-0.05, 0) is 26.0 Å². The topological polar surface area (TPSA) is 126 Å². The minimum Gasteiger partial charge on any atom is -0.379 e. The average Bonchev–Trinajstić information content (AvgIpc) is 3.13. The molecule has 0 spiro atoms. The van der Waals surface area contributed by atoms with Crippen LogP contribution < -0.4 is 4.90 Å². The fraction of sp³-hybridized carbons (Fsp3) is 0.556. The van der Waals surface area contributed by atoms with Crippen LogP contribution in [0.5, 0.6) is 0 Å². The smallest absolute Gasteiger partial charge is 0.248 e. The zero-order valence-electron chi connectivity index (χ0n) is 17.4. The molecule has 31 heavy (non-hydrogen) atoms. The lowest BCUT2D eigenvalue weighted by atomic mass is 10.3. The number of morpholine rings is 1. The van der Waals surface area contributed by atoms with Crippen LogP contribution in [0.15, 0.2) is 32.6 Å². The molecule has 2 aromatic heterocycles. The molecule has 2 fully saturated rings. The number of aromatic nitrogens is 2. The Morgan fingerprint density at radius 2 is 1.52 bits per heavy atom. The van der Waals surface area contributed by atoms with E-state index in [1.165, 1.54) is 14.8 Å². The van der Waals surface area contributed by atoms with E-state index < -0.39 is 20.0 Å². The Bertz CT molecular complexity index is 1110. The van der Waals surface area contributed by atoms with E-state index in [4.69, 9.17) is 9.26 Å². The summed E-state index contributed by atoms with van der Waals surface area (Å²) in [6.07, 6.45) is 1.35. The molecule has 0 bridgehead atoms. The lowest BCUT2D eigenvalue weighted by Crippen LogP contribution is -2.49. The van der Waals surface area contributed by atoms with Gasteiger partial charge in [0.15, 0.2) is 5.76 Å². The van der Waals surface area contributed by atoms with Crippen molar-refractivity contribution in [3.05, 3.63) is 29.8 Å². The Morgan fingerprint density at radius 1 is 0.871 bits per heavy atom. The summed E-state index contributed by atoms with van der Waals surface area (Å²) in [7, 11) is -7.29. The Kier molecular flexibility index (Phi) is 6.05. The lowest BCUT2D eigenvalue weighted by Gasteiger charge is -2.34. The van der Waals surface area contributed by atoms with Crippen LogP contribution in [-0.2, 0) is 24.8 Å². The summed E-state index contributed by atoms with van der Waals surface area (Å²) in [5.74, 6) is 0.883. The largest absolute Gasteiger partial charge is 0.379 e. The minimum absolute atomic E-state index is 0.122. The van der Waals surface area contributed by atoms with Crippen LogP contribution in [0.2, 0.25) is 0 Å². The van der Waals surface area contributed by atoms with E-state index in [1.54, 1.807) is 26.0 Å². The highest BCUT2D eigenvalue weighted by atomic mass is 32.2. The maximum absolute atomic E-state index is 13.0. The summed E-state index contributed by atoms with van der Waals surface area (Å²) in [5.41, 5.74) is 0.346. The third-order valence-electron chi connectivity index (χ3n) is 5.46. The van der Waals surface area contributed by atoms with Crippen molar-refractivity contribution in [1.82, 2.24) is 18.8 Å². The SMILES string of the molecule is Cc1noc(C)c1S(=O)(=O)N1CCN(c2ccc(S(=O)(=O)N3CCOCC3)cn2)CC1. The van der Waals surface area contributed by atoms with Crippen LogP contribution in [0.4, 0.5) is 5.82 Å². The van der Waals surface area contributed by atoms with Gasteiger partial charge in [0.1, 0.15) is 21.3 Å². The summed E-state index contributed by atoms with van der Waals surface area (Å²) in [4.78, 5) is 6.52. The van der Waals surface area contributed by atoms with Gasteiger partial charge in [0.2, 0.25) is 20.0 Å². The normalized spacial score (nSPS) is 19.6. The standard InChI is InChI=1S/C18H25N5O6S2/c1-14-18(15(2)29-20-14)31(26,27)22-7-5-21(6-8-22)17-4-3-16(13-19-17)30(24,25)23-9-11-28-12-10-23/h3-4,13H,5-12H2,1-2H3. The summed E-state index contributed by atoms with van der Waals surface area (Å²) >= 11 is 0. The Hall–Kier alpha value is -2.06. The van der Waals surface area contributed by atoms with Crippen molar-refractivity contribution in [3.63, 3.8) is 0 Å².